The van der Waals surface area contributed by atoms with Crippen molar-refractivity contribution in [1.82, 2.24) is 4.90 Å². The molecule has 1 aliphatic heterocycles. The molecule has 1 aromatic rings. The second-order valence-electron chi connectivity index (χ2n) is 5.28. The van der Waals surface area contributed by atoms with Gasteiger partial charge in [-0.25, -0.2) is 0 Å². The molecule has 1 fully saturated rings. The van der Waals surface area contributed by atoms with E-state index in [9.17, 15) is 26.7 Å². The molecule has 1 amide bonds. The molecule has 0 bridgehead atoms. The number of rotatable bonds is 3. The molecule has 0 aliphatic carbocycles. The van der Waals surface area contributed by atoms with Gasteiger partial charge in [-0.15, -0.1) is 0 Å². The van der Waals surface area contributed by atoms with E-state index in [1.807, 2.05) is 30.3 Å². The summed E-state index contributed by atoms with van der Waals surface area (Å²) in [5.74, 6) is -7.47. The van der Waals surface area contributed by atoms with Crippen LogP contribution in [0.15, 0.2) is 30.3 Å². The normalized spacial score (nSPS) is 17.6. The zero-order chi connectivity index (χ0) is 16.4. The number of piperazine rings is 1. The number of nitrogens with one attached hydrogen (secondary N) is 1. The van der Waals surface area contributed by atoms with E-state index in [-0.39, 0.29) is 13.1 Å². The average Bonchev–Trinajstić information content (AvgIpc) is 2.47. The highest BCUT2D eigenvalue weighted by Crippen LogP contribution is 2.36. The van der Waals surface area contributed by atoms with Gasteiger partial charge in [-0.2, -0.15) is 22.0 Å². The Kier molecular flexibility index (Phi) is 4.69. The molecular formula is C14H16F5N2O+. The lowest BCUT2D eigenvalue weighted by Gasteiger charge is -2.34. The third-order valence-corrected chi connectivity index (χ3v) is 3.68. The summed E-state index contributed by atoms with van der Waals surface area (Å²) in [6.45, 7) is 1.13. The molecular weight excluding hydrogens is 307 g/mol. The van der Waals surface area contributed by atoms with Crippen LogP contribution in [0.1, 0.15) is 5.56 Å². The smallest absolute Gasteiger partial charge is 0.328 e. The van der Waals surface area contributed by atoms with Crippen LogP contribution in [0.3, 0.4) is 0 Å². The Morgan fingerprint density at radius 2 is 1.59 bits per heavy atom. The number of carbonyl (C=O) groups excluding carboxylic acids is 1. The van der Waals surface area contributed by atoms with Gasteiger partial charge in [0, 0.05) is 5.56 Å². The highest BCUT2D eigenvalue weighted by molar-refractivity contribution is 5.84. The Hall–Kier alpha value is -1.70. The van der Waals surface area contributed by atoms with Gasteiger partial charge in [0.1, 0.15) is 6.54 Å². The highest BCUT2D eigenvalue weighted by atomic mass is 19.4. The molecule has 0 radical (unpaired) electrons. The van der Waals surface area contributed by atoms with Crippen molar-refractivity contribution in [2.75, 3.05) is 26.2 Å². The van der Waals surface area contributed by atoms with Crippen molar-refractivity contribution in [2.24, 2.45) is 0 Å². The van der Waals surface area contributed by atoms with Crippen LogP contribution in [0.4, 0.5) is 22.0 Å². The van der Waals surface area contributed by atoms with Crippen molar-refractivity contribution in [2.45, 2.75) is 18.6 Å². The fourth-order valence-electron chi connectivity index (χ4n) is 2.41. The first-order chi connectivity index (χ1) is 10.2. The fourth-order valence-corrected chi connectivity index (χ4v) is 2.41. The summed E-state index contributed by atoms with van der Waals surface area (Å²) in [5, 5.41) is 0. The first kappa shape index (κ1) is 16.7. The van der Waals surface area contributed by atoms with Gasteiger partial charge in [-0.1, -0.05) is 30.3 Å². The predicted molar refractivity (Wildman–Crippen MR) is 68.4 cm³/mol. The molecule has 0 unspecified atom stereocenters. The van der Waals surface area contributed by atoms with E-state index in [1.165, 1.54) is 0 Å². The van der Waals surface area contributed by atoms with E-state index in [2.05, 4.69) is 0 Å². The molecule has 0 saturated carbocycles. The standard InChI is InChI=1S/C14H15F5N2O/c15-13(16,14(17,18)19)12(22)21-8-6-20(7-9-21)10-11-4-2-1-3-5-11/h1-5H,6-10H2/p+1. The number of hydrogen-bond donors (Lipinski definition) is 1. The van der Waals surface area contributed by atoms with E-state index in [0.29, 0.717) is 24.5 Å². The largest absolute Gasteiger partial charge is 0.463 e. The van der Waals surface area contributed by atoms with Gasteiger partial charge in [0.15, 0.2) is 0 Å². The summed E-state index contributed by atoms with van der Waals surface area (Å²) in [4.78, 5) is 13.0. The molecule has 22 heavy (non-hydrogen) atoms. The maximum Gasteiger partial charge on any atom is 0.463 e. The summed E-state index contributed by atoms with van der Waals surface area (Å²) in [7, 11) is 0. The van der Waals surface area contributed by atoms with E-state index in [0.717, 1.165) is 10.5 Å². The first-order valence-corrected chi connectivity index (χ1v) is 6.83. The number of quaternary nitrogens is 1. The predicted octanol–water partition coefficient (Wildman–Crippen LogP) is 1.11. The lowest BCUT2D eigenvalue weighted by atomic mass is 10.2. The van der Waals surface area contributed by atoms with Crippen LogP contribution in [-0.4, -0.2) is 49.1 Å². The van der Waals surface area contributed by atoms with Gasteiger partial charge in [-0.05, 0) is 0 Å². The molecule has 122 valence electrons. The third-order valence-electron chi connectivity index (χ3n) is 3.68. The van der Waals surface area contributed by atoms with Gasteiger partial charge in [0.05, 0.1) is 26.2 Å². The Bertz CT molecular complexity index is 510. The molecule has 1 aliphatic rings. The number of carbonyl (C=O) groups is 1. The summed E-state index contributed by atoms with van der Waals surface area (Å²) < 4.78 is 62.7. The Morgan fingerprint density at radius 1 is 1.05 bits per heavy atom. The third kappa shape index (κ3) is 3.55. The van der Waals surface area contributed by atoms with E-state index in [4.69, 9.17) is 0 Å². The summed E-state index contributed by atoms with van der Waals surface area (Å²) in [6.07, 6.45) is -5.85. The van der Waals surface area contributed by atoms with Gasteiger partial charge in [0.2, 0.25) is 0 Å². The number of nitrogens with zero attached hydrogens (tertiary/aromatic N) is 1. The minimum atomic E-state index is -5.85. The Balaban J connectivity index is 1.91. The van der Waals surface area contributed by atoms with Gasteiger partial charge >= 0.3 is 18.0 Å². The summed E-state index contributed by atoms with van der Waals surface area (Å²) >= 11 is 0. The molecule has 2 rings (SSSR count). The molecule has 1 aromatic carbocycles. The number of benzene rings is 1. The van der Waals surface area contributed by atoms with Crippen LogP contribution >= 0.6 is 0 Å². The van der Waals surface area contributed by atoms with Crippen LogP contribution in [-0.2, 0) is 11.3 Å². The Morgan fingerprint density at radius 3 is 2.09 bits per heavy atom. The molecule has 0 spiro atoms. The molecule has 0 aromatic heterocycles. The number of alkyl halides is 5. The van der Waals surface area contributed by atoms with Gasteiger partial charge < -0.3 is 9.80 Å². The second kappa shape index (κ2) is 6.20. The SMILES string of the molecule is O=C(N1CC[NH+](Cc2ccccc2)CC1)C(F)(F)C(F)(F)F. The summed E-state index contributed by atoms with van der Waals surface area (Å²) in [6, 6.07) is 9.45. The highest BCUT2D eigenvalue weighted by Gasteiger charge is 2.64. The monoisotopic (exact) mass is 323 g/mol. The van der Waals surface area contributed by atoms with E-state index in [1.54, 1.807) is 0 Å². The number of hydrogen-bond acceptors (Lipinski definition) is 1. The Labute approximate surface area is 124 Å². The van der Waals surface area contributed by atoms with Gasteiger partial charge in [0.25, 0.3) is 0 Å². The minimum absolute atomic E-state index is 0.104. The zero-order valence-electron chi connectivity index (χ0n) is 11.7. The van der Waals surface area contributed by atoms with E-state index < -0.39 is 18.0 Å². The van der Waals surface area contributed by atoms with Crippen molar-refractivity contribution in [3.8, 4) is 0 Å². The first-order valence-electron chi connectivity index (χ1n) is 6.83. The lowest BCUT2D eigenvalue weighted by molar-refractivity contribution is -0.917. The molecule has 1 saturated heterocycles. The van der Waals surface area contributed by atoms with Crippen LogP contribution in [0.5, 0.6) is 0 Å². The summed E-state index contributed by atoms with van der Waals surface area (Å²) in [5.41, 5.74) is 1.05. The lowest BCUT2D eigenvalue weighted by Crippen LogP contribution is -3.13. The van der Waals surface area contributed by atoms with Crippen molar-refractivity contribution < 1.29 is 31.6 Å². The molecule has 1 heterocycles. The molecule has 8 heteroatoms. The number of halogens is 5. The van der Waals surface area contributed by atoms with Crippen LogP contribution in [0.25, 0.3) is 0 Å². The molecule has 1 N–H and O–H groups in total. The minimum Gasteiger partial charge on any atom is -0.328 e. The fraction of sp³-hybridized carbons (Fsp3) is 0.500. The molecule has 0 atom stereocenters. The van der Waals surface area contributed by atoms with Gasteiger partial charge in [-0.3, -0.25) is 4.79 Å². The van der Waals surface area contributed by atoms with Crippen LogP contribution in [0.2, 0.25) is 0 Å². The number of amides is 1. The average molecular weight is 323 g/mol. The van der Waals surface area contributed by atoms with Crippen molar-refractivity contribution >= 4 is 5.91 Å². The quantitative estimate of drug-likeness (QED) is 0.828. The maximum atomic E-state index is 13.0. The van der Waals surface area contributed by atoms with Crippen LogP contribution in [0, 0.1) is 0 Å². The molecule has 3 nitrogen and oxygen atoms in total. The van der Waals surface area contributed by atoms with E-state index >= 15 is 0 Å². The topological polar surface area (TPSA) is 24.8 Å². The zero-order valence-corrected chi connectivity index (χ0v) is 11.7. The maximum absolute atomic E-state index is 13.0. The van der Waals surface area contributed by atoms with Crippen molar-refractivity contribution in [3.05, 3.63) is 35.9 Å². The van der Waals surface area contributed by atoms with Crippen molar-refractivity contribution in [3.63, 3.8) is 0 Å². The van der Waals surface area contributed by atoms with Crippen LogP contribution < -0.4 is 4.90 Å². The van der Waals surface area contributed by atoms with Crippen molar-refractivity contribution in [1.29, 1.82) is 0 Å². The second-order valence-corrected chi connectivity index (χ2v) is 5.28.